The maximum absolute atomic E-state index is 15.3. The van der Waals surface area contributed by atoms with Crippen LogP contribution in [0.25, 0.3) is 11.1 Å². The van der Waals surface area contributed by atoms with Gasteiger partial charge in [-0.1, -0.05) is 65.0 Å². The summed E-state index contributed by atoms with van der Waals surface area (Å²) in [6.07, 6.45) is 3.58. The molecular formula is C58H79F2N9O15. The van der Waals surface area contributed by atoms with Crippen molar-refractivity contribution in [2.75, 3.05) is 79.5 Å². The van der Waals surface area contributed by atoms with Gasteiger partial charge < -0.3 is 65.8 Å². The number of carboxylic acid groups (broad SMARTS) is 1. The quantitative estimate of drug-likeness (QED) is 0.0347. The van der Waals surface area contributed by atoms with Crippen LogP contribution in [-0.4, -0.2) is 186 Å². The summed E-state index contributed by atoms with van der Waals surface area (Å²) >= 11 is 0. The van der Waals surface area contributed by atoms with E-state index in [4.69, 9.17) is 19.9 Å². The molecule has 1 fully saturated rings. The summed E-state index contributed by atoms with van der Waals surface area (Å²) in [5.41, 5.74) is 5.76. The minimum absolute atomic E-state index is 0.0106. The number of aliphatic carboxylic acids is 1. The summed E-state index contributed by atoms with van der Waals surface area (Å²) in [5, 5.41) is 30.3. The zero-order valence-electron chi connectivity index (χ0n) is 48.4. The summed E-state index contributed by atoms with van der Waals surface area (Å²) < 4.78 is 47.9. The maximum atomic E-state index is 15.3. The normalized spacial score (nSPS) is 15.0. The van der Waals surface area contributed by atoms with Crippen molar-refractivity contribution in [1.29, 1.82) is 0 Å². The van der Waals surface area contributed by atoms with Crippen LogP contribution in [0.4, 0.5) is 8.78 Å². The average molecular weight is 1180 g/mol. The largest absolute Gasteiger partial charge is 0.481 e. The van der Waals surface area contributed by atoms with Crippen molar-refractivity contribution in [3.8, 4) is 11.1 Å². The van der Waals surface area contributed by atoms with Gasteiger partial charge in [-0.25, -0.2) is 8.78 Å². The van der Waals surface area contributed by atoms with E-state index in [0.29, 0.717) is 30.0 Å². The smallest absolute Gasteiger partial charge is 0.305 e. The number of amides is 9. The van der Waals surface area contributed by atoms with E-state index in [1.165, 1.54) is 11.9 Å². The number of primary amides is 1. The summed E-state index contributed by atoms with van der Waals surface area (Å²) in [5.74, 6) is -7.80. The molecule has 0 spiro atoms. The Kier molecular flexibility index (Phi) is 27.7. The number of rotatable bonds is 32. The van der Waals surface area contributed by atoms with Crippen molar-refractivity contribution in [1.82, 2.24) is 40.5 Å². The molecule has 3 heterocycles. The maximum Gasteiger partial charge on any atom is 0.305 e. The van der Waals surface area contributed by atoms with Crippen LogP contribution >= 0.6 is 0 Å². The van der Waals surface area contributed by atoms with E-state index in [1.807, 2.05) is 69.5 Å². The van der Waals surface area contributed by atoms with Gasteiger partial charge in [0.15, 0.2) is 0 Å². The molecule has 2 aliphatic heterocycles. The van der Waals surface area contributed by atoms with E-state index in [1.54, 1.807) is 12.3 Å². The van der Waals surface area contributed by atoms with Crippen LogP contribution in [0.5, 0.6) is 0 Å². The first-order chi connectivity index (χ1) is 39.8. The Morgan fingerprint density at radius 3 is 2.06 bits per heavy atom. The monoisotopic (exact) mass is 1180 g/mol. The molecule has 2 aliphatic rings. The summed E-state index contributed by atoms with van der Waals surface area (Å²) in [7, 11) is 1.35. The average Bonchev–Trinajstić information content (AvgIpc) is 3.74. The Bertz CT molecular complexity index is 2770. The van der Waals surface area contributed by atoms with Crippen molar-refractivity contribution in [2.24, 2.45) is 17.1 Å². The summed E-state index contributed by atoms with van der Waals surface area (Å²) in [6.45, 7) is 9.06. The molecule has 0 radical (unpaired) electrons. The Morgan fingerprint density at radius 2 is 1.48 bits per heavy atom. The Morgan fingerprint density at radius 1 is 0.833 bits per heavy atom. The van der Waals surface area contributed by atoms with Crippen LogP contribution in [0.2, 0.25) is 0 Å². The molecule has 1 aromatic heterocycles. The van der Waals surface area contributed by atoms with Crippen molar-refractivity contribution < 1.29 is 81.1 Å². The molecular weight excluding hydrogens is 1100 g/mol. The molecule has 24 nitrogen and oxygen atoms in total. The Labute approximate surface area is 486 Å². The molecule has 1 saturated heterocycles. The van der Waals surface area contributed by atoms with Gasteiger partial charge in [0.2, 0.25) is 41.4 Å². The zero-order chi connectivity index (χ0) is 62.1. The second-order valence-electron chi connectivity index (χ2n) is 21.4. The first-order valence-corrected chi connectivity index (χ1v) is 27.6. The molecule has 0 unspecified atom stereocenters. The third-order valence-electron chi connectivity index (χ3n) is 13.2. The van der Waals surface area contributed by atoms with Crippen LogP contribution in [0, 0.1) is 23.0 Å². The van der Waals surface area contributed by atoms with Crippen molar-refractivity contribution in [2.45, 2.75) is 104 Å². The molecule has 5 rings (SSSR count). The fraction of sp³-hybridized carbons (Fsp3) is 0.517. The standard InChI is InChI=1S/C53H68F2N8O14.C5H11NO/c1-53(2,3)49(42-27-35(37-28-36(54)12-13-38(37)55)31-60(42)30-34-9-6-5-7-10-34)62(47(69)33-64)20-16-39(50(72)56-4)59-51(73)41-11-8-19-61(41)52(74)40(29-48(70)71)58-43(65)17-21-75-23-25-77-26-24-76-22-18-57-44(66)32-63-45(67)14-15-46(63)68;1-4(2)3-5(6)7/h5-7,9-10,12-15,27-28,31,39-41,49,64H,8,11,16-26,29-30,32-33H2,1-4H3,(H,56,72)(H,57,66)(H,58,65)(H,59,73)(H,70,71);4H,3H2,1-2H3,(H2,6,7)/t39-,40-,41-,49-;/m0./s1. The second kappa shape index (κ2) is 34.0. The second-order valence-corrected chi connectivity index (χ2v) is 21.4. The fourth-order valence-electron chi connectivity index (χ4n) is 9.38. The molecule has 8 N–H and O–H groups in total. The molecule has 3 aromatic rings. The van der Waals surface area contributed by atoms with Gasteiger partial charge in [-0.3, -0.25) is 52.8 Å². The van der Waals surface area contributed by atoms with E-state index >= 15 is 4.39 Å². The van der Waals surface area contributed by atoms with Crippen LogP contribution < -0.4 is 27.0 Å². The molecule has 9 amide bonds. The third-order valence-corrected chi connectivity index (χ3v) is 13.2. The number of carboxylic acids is 1. The lowest BCUT2D eigenvalue weighted by Crippen LogP contribution is -2.57. The molecule has 26 heteroatoms. The summed E-state index contributed by atoms with van der Waals surface area (Å²) in [6, 6.07) is 9.23. The minimum Gasteiger partial charge on any atom is -0.481 e. The van der Waals surface area contributed by atoms with Gasteiger partial charge in [0, 0.05) is 81.2 Å². The number of hydrogen-bond donors (Lipinski definition) is 7. The van der Waals surface area contributed by atoms with Gasteiger partial charge in [-0.15, -0.1) is 0 Å². The third kappa shape index (κ3) is 22.0. The number of ether oxygens (including phenoxy) is 3. The van der Waals surface area contributed by atoms with Gasteiger partial charge in [-0.05, 0) is 60.4 Å². The highest BCUT2D eigenvalue weighted by atomic mass is 19.1. The fourth-order valence-corrected chi connectivity index (χ4v) is 9.38. The van der Waals surface area contributed by atoms with Crippen LogP contribution in [0.1, 0.15) is 90.4 Å². The van der Waals surface area contributed by atoms with E-state index in [-0.39, 0.29) is 96.6 Å². The number of imide groups is 1. The number of halogens is 2. The molecule has 0 bridgehead atoms. The molecule has 4 atom stereocenters. The lowest BCUT2D eigenvalue weighted by Gasteiger charge is -2.41. The predicted octanol–water partition coefficient (Wildman–Crippen LogP) is 1.96. The van der Waals surface area contributed by atoms with Gasteiger partial charge in [0.25, 0.3) is 11.8 Å². The van der Waals surface area contributed by atoms with Crippen molar-refractivity contribution in [3.05, 3.63) is 95.8 Å². The number of aliphatic hydroxyl groups is 1. The van der Waals surface area contributed by atoms with E-state index in [9.17, 15) is 62.5 Å². The zero-order valence-corrected chi connectivity index (χ0v) is 48.4. The number of nitrogens with one attached hydrogen (secondary N) is 4. The van der Waals surface area contributed by atoms with Crippen LogP contribution in [0.3, 0.4) is 0 Å². The first kappa shape index (κ1) is 68.6. The highest BCUT2D eigenvalue weighted by molar-refractivity contribution is 6.14. The number of likely N-dealkylation sites (tertiary alicyclic amines) is 1. The van der Waals surface area contributed by atoms with Crippen molar-refractivity contribution >= 4 is 59.1 Å². The van der Waals surface area contributed by atoms with Gasteiger partial charge in [0.05, 0.1) is 52.1 Å². The van der Waals surface area contributed by atoms with Gasteiger partial charge in [-0.2, -0.15) is 0 Å². The highest BCUT2D eigenvalue weighted by Crippen LogP contribution is 2.41. The molecule has 2 aromatic carbocycles. The minimum atomic E-state index is -1.55. The lowest BCUT2D eigenvalue weighted by molar-refractivity contribution is -0.146. The number of hydrogen-bond acceptors (Lipinski definition) is 14. The van der Waals surface area contributed by atoms with Gasteiger partial charge >= 0.3 is 5.97 Å². The number of carbonyl (C=O) groups is 10. The van der Waals surface area contributed by atoms with Crippen LogP contribution in [-0.2, 0) is 68.7 Å². The number of benzene rings is 2. The SMILES string of the molecule is CC(C)CC(N)=O.CNC(=O)[C@H](CCN(C(=O)CO)[C@@H](c1cc(-c2cc(F)ccc2F)cn1Cc1ccccc1)C(C)(C)C)NC(=O)[C@@H]1CCCN1C(=O)[C@H](CC(=O)O)NC(=O)CCOCCOCCOCCNC(=O)CN1C(=O)C=CC1=O. The Hall–Kier alpha value is -7.94. The molecule has 84 heavy (non-hydrogen) atoms. The number of aromatic nitrogens is 1. The summed E-state index contributed by atoms with van der Waals surface area (Å²) in [4.78, 5) is 129. The van der Waals surface area contributed by atoms with Gasteiger partial charge in [0.1, 0.15) is 42.9 Å². The number of nitrogens with zero attached hydrogens (tertiary/aromatic N) is 4. The topological polar surface area (TPSA) is 328 Å². The lowest BCUT2D eigenvalue weighted by atomic mass is 9.82. The van der Waals surface area contributed by atoms with Crippen LogP contribution in [0.15, 0.2) is 72.9 Å². The number of carbonyl (C=O) groups excluding carboxylic acids is 9. The van der Waals surface area contributed by atoms with E-state index in [0.717, 1.165) is 45.7 Å². The van der Waals surface area contributed by atoms with E-state index in [2.05, 4.69) is 21.3 Å². The number of likely N-dealkylation sites (N-methyl/N-ethyl adjacent to an activating group) is 1. The molecule has 0 aliphatic carbocycles. The Balaban J connectivity index is 0.00000203. The predicted molar refractivity (Wildman–Crippen MR) is 300 cm³/mol. The van der Waals surface area contributed by atoms with Crippen molar-refractivity contribution in [3.63, 3.8) is 0 Å². The first-order valence-electron chi connectivity index (χ1n) is 27.6. The van der Waals surface area contributed by atoms with E-state index < -0.39 is 114 Å². The molecule has 0 saturated carbocycles. The number of aliphatic hydroxyl groups excluding tert-OH is 1. The number of nitrogens with two attached hydrogens (primary N) is 1. The highest BCUT2D eigenvalue weighted by Gasteiger charge is 2.41. The molecule has 460 valence electrons.